The van der Waals surface area contributed by atoms with Crippen LogP contribution in [0.2, 0.25) is 0 Å². The van der Waals surface area contributed by atoms with Crippen LogP contribution in [0.4, 0.5) is 5.69 Å². The molecule has 3 amide bonds. The Morgan fingerprint density at radius 2 is 1.89 bits per heavy atom. The van der Waals surface area contributed by atoms with E-state index in [0.29, 0.717) is 29.4 Å². The molecule has 4 aromatic rings. The molecule has 0 spiro atoms. The number of carbonyl (C=O) groups is 3. The molecule has 1 aliphatic rings. The summed E-state index contributed by atoms with van der Waals surface area (Å²) in [6.07, 6.45) is 4.83. The van der Waals surface area contributed by atoms with Gasteiger partial charge in [0.2, 0.25) is 5.91 Å². The van der Waals surface area contributed by atoms with E-state index in [1.807, 2.05) is 31.2 Å². The van der Waals surface area contributed by atoms with E-state index in [1.165, 1.54) is 11.0 Å². The number of nitrogens with one attached hydrogen (secondary N) is 2. The van der Waals surface area contributed by atoms with Crippen molar-refractivity contribution < 1.29 is 23.5 Å². The number of aromatic nitrogens is 1. The number of nitrogens with zero attached hydrogens (tertiary/aromatic N) is 2. The molecular weight excluding hydrogens is 504 g/mol. The van der Waals surface area contributed by atoms with Gasteiger partial charge in [-0.15, -0.1) is 0 Å². The van der Waals surface area contributed by atoms with Crippen molar-refractivity contribution in [3.05, 3.63) is 90.0 Å². The van der Waals surface area contributed by atoms with Gasteiger partial charge in [0.25, 0.3) is 11.8 Å². The fraction of sp³-hybridized carbons (Fsp3) is 0.143. The molecule has 0 saturated carbocycles. The van der Waals surface area contributed by atoms with Crippen LogP contribution in [0.25, 0.3) is 17.0 Å². The zero-order chi connectivity index (χ0) is 26.6. The van der Waals surface area contributed by atoms with Crippen molar-refractivity contribution in [1.29, 1.82) is 0 Å². The number of hydrogen-bond acceptors (Lipinski definition) is 6. The van der Waals surface area contributed by atoms with E-state index in [2.05, 4.69) is 10.6 Å². The van der Waals surface area contributed by atoms with E-state index >= 15 is 0 Å². The van der Waals surface area contributed by atoms with E-state index in [1.54, 1.807) is 53.4 Å². The molecule has 2 aromatic heterocycles. The first-order chi connectivity index (χ1) is 18.4. The number of carbonyl (C=O) groups excluding carboxylic acids is 3. The topological polar surface area (TPSA) is 106 Å². The Bertz CT molecular complexity index is 1550. The Hall–Kier alpha value is -4.70. The SMILES string of the molecule is CCOc1ccc(N2C(=O)/C(=C/c3cn(CC(=O)NCc4ccco4)c4ccccc34)C(=O)NC2=S)cc1. The van der Waals surface area contributed by atoms with E-state index in [9.17, 15) is 14.4 Å². The quantitative estimate of drug-likeness (QED) is 0.205. The lowest BCUT2D eigenvalue weighted by atomic mass is 10.1. The number of furan rings is 1. The molecule has 192 valence electrons. The van der Waals surface area contributed by atoms with E-state index in [4.69, 9.17) is 21.4 Å². The number of fused-ring (bicyclic) bond motifs is 1. The van der Waals surface area contributed by atoms with Gasteiger partial charge in [-0.3, -0.25) is 24.6 Å². The maximum atomic E-state index is 13.5. The second-order valence-electron chi connectivity index (χ2n) is 8.47. The van der Waals surface area contributed by atoms with Crippen LogP contribution >= 0.6 is 12.2 Å². The molecule has 0 atom stereocenters. The summed E-state index contributed by atoms with van der Waals surface area (Å²) in [6, 6.07) is 17.9. The summed E-state index contributed by atoms with van der Waals surface area (Å²) in [5.74, 6) is -0.0311. The number of benzene rings is 2. The molecular formula is C28H24N4O5S. The summed E-state index contributed by atoms with van der Waals surface area (Å²) >= 11 is 5.31. The zero-order valence-electron chi connectivity index (χ0n) is 20.5. The fourth-order valence-electron chi connectivity index (χ4n) is 4.24. The monoisotopic (exact) mass is 528 g/mol. The van der Waals surface area contributed by atoms with Crippen LogP contribution in [0.5, 0.6) is 5.75 Å². The maximum Gasteiger partial charge on any atom is 0.270 e. The minimum absolute atomic E-state index is 0.00281. The molecule has 0 bridgehead atoms. The van der Waals surface area contributed by atoms with Gasteiger partial charge < -0.3 is 19.0 Å². The Morgan fingerprint density at radius 1 is 1.11 bits per heavy atom. The number of thiocarbonyl (C=S) groups is 1. The average Bonchev–Trinajstić information content (AvgIpc) is 3.55. The predicted octanol–water partition coefficient (Wildman–Crippen LogP) is 3.78. The fourth-order valence-corrected chi connectivity index (χ4v) is 4.52. The van der Waals surface area contributed by atoms with Crippen molar-refractivity contribution in [2.45, 2.75) is 20.0 Å². The van der Waals surface area contributed by atoms with Crippen molar-refractivity contribution in [3.8, 4) is 5.75 Å². The van der Waals surface area contributed by atoms with Gasteiger partial charge in [0.15, 0.2) is 5.11 Å². The third-order valence-electron chi connectivity index (χ3n) is 5.98. The molecule has 1 aliphatic heterocycles. The third-order valence-corrected chi connectivity index (χ3v) is 6.27. The molecule has 1 fully saturated rings. The molecule has 0 radical (unpaired) electrons. The normalized spacial score (nSPS) is 14.7. The van der Waals surface area contributed by atoms with Crippen LogP contribution in [0.15, 0.2) is 83.1 Å². The van der Waals surface area contributed by atoms with Crippen LogP contribution < -0.4 is 20.3 Å². The van der Waals surface area contributed by atoms with Crippen LogP contribution in [-0.4, -0.2) is 34.0 Å². The van der Waals surface area contributed by atoms with Gasteiger partial charge in [0.05, 0.1) is 25.1 Å². The number of hydrogen-bond donors (Lipinski definition) is 2. The van der Waals surface area contributed by atoms with Gasteiger partial charge in [-0.1, -0.05) is 18.2 Å². The maximum absolute atomic E-state index is 13.5. The zero-order valence-corrected chi connectivity index (χ0v) is 21.3. The van der Waals surface area contributed by atoms with E-state index < -0.39 is 11.8 Å². The molecule has 3 heterocycles. The Morgan fingerprint density at radius 3 is 2.63 bits per heavy atom. The van der Waals surface area contributed by atoms with Crippen molar-refractivity contribution in [3.63, 3.8) is 0 Å². The highest BCUT2D eigenvalue weighted by Crippen LogP contribution is 2.27. The number of amides is 3. The summed E-state index contributed by atoms with van der Waals surface area (Å²) in [5.41, 5.74) is 1.84. The van der Waals surface area contributed by atoms with E-state index in [0.717, 1.165) is 10.9 Å². The number of ether oxygens (including phenoxy) is 1. The minimum Gasteiger partial charge on any atom is -0.494 e. The van der Waals surface area contributed by atoms with Gasteiger partial charge in [0.1, 0.15) is 23.6 Å². The second kappa shape index (κ2) is 10.7. The summed E-state index contributed by atoms with van der Waals surface area (Å²) in [6.45, 7) is 2.72. The number of rotatable bonds is 8. The highest BCUT2D eigenvalue weighted by Gasteiger charge is 2.34. The smallest absolute Gasteiger partial charge is 0.270 e. The number of para-hydroxylation sites is 1. The summed E-state index contributed by atoms with van der Waals surface area (Å²) < 4.78 is 12.5. The van der Waals surface area contributed by atoms with Crippen molar-refractivity contribution in [2.75, 3.05) is 11.5 Å². The van der Waals surface area contributed by atoms with Crippen LogP contribution in [0.1, 0.15) is 18.2 Å². The highest BCUT2D eigenvalue weighted by atomic mass is 32.1. The van der Waals surface area contributed by atoms with Gasteiger partial charge in [-0.05, 0) is 67.7 Å². The number of anilines is 1. The van der Waals surface area contributed by atoms with Gasteiger partial charge in [-0.2, -0.15) is 0 Å². The lowest BCUT2D eigenvalue weighted by molar-refractivity contribution is -0.123. The average molecular weight is 529 g/mol. The molecule has 2 N–H and O–H groups in total. The predicted molar refractivity (Wildman–Crippen MR) is 146 cm³/mol. The minimum atomic E-state index is -0.588. The van der Waals surface area contributed by atoms with Crippen LogP contribution in [-0.2, 0) is 27.5 Å². The highest BCUT2D eigenvalue weighted by molar-refractivity contribution is 7.80. The first-order valence-electron chi connectivity index (χ1n) is 12.0. The lowest BCUT2D eigenvalue weighted by Gasteiger charge is -2.29. The van der Waals surface area contributed by atoms with Gasteiger partial charge in [0, 0.05) is 22.7 Å². The summed E-state index contributed by atoms with van der Waals surface area (Å²) in [5, 5.41) is 6.22. The molecule has 5 rings (SSSR count). The Kier molecular flexibility index (Phi) is 7.05. The van der Waals surface area contributed by atoms with E-state index in [-0.39, 0.29) is 29.7 Å². The summed E-state index contributed by atoms with van der Waals surface area (Å²) in [7, 11) is 0. The standard InChI is InChI=1S/C28H24N4O5S/c1-2-36-20-11-9-19(10-12-20)32-27(35)23(26(34)30-28(32)38)14-18-16-31(24-8-4-3-7-22(18)24)17-25(33)29-15-21-6-5-13-37-21/h3-14,16H,2,15,17H2,1H3,(H,29,33)(H,30,34,38)/b23-14+. The van der Waals surface area contributed by atoms with Crippen LogP contribution in [0.3, 0.4) is 0 Å². The van der Waals surface area contributed by atoms with Gasteiger partial charge in [-0.25, -0.2) is 0 Å². The second-order valence-corrected chi connectivity index (χ2v) is 8.86. The molecule has 38 heavy (non-hydrogen) atoms. The molecule has 0 unspecified atom stereocenters. The van der Waals surface area contributed by atoms with Crippen LogP contribution in [0, 0.1) is 0 Å². The third kappa shape index (κ3) is 5.07. The first kappa shape index (κ1) is 25.0. The molecule has 10 heteroatoms. The van der Waals surface area contributed by atoms with Crippen molar-refractivity contribution in [1.82, 2.24) is 15.2 Å². The van der Waals surface area contributed by atoms with Crippen molar-refractivity contribution >= 4 is 57.7 Å². The molecule has 9 nitrogen and oxygen atoms in total. The first-order valence-corrected chi connectivity index (χ1v) is 12.4. The van der Waals surface area contributed by atoms with Gasteiger partial charge >= 0.3 is 0 Å². The molecule has 0 aliphatic carbocycles. The molecule has 1 saturated heterocycles. The summed E-state index contributed by atoms with van der Waals surface area (Å²) in [4.78, 5) is 40.2. The Labute approximate surface area is 223 Å². The van der Waals surface area contributed by atoms with Crippen molar-refractivity contribution in [2.24, 2.45) is 0 Å². The lowest BCUT2D eigenvalue weighted by Crippen LogP contribution is -2.54. The largest absolute Gasteiger partial charge is 0.494 e. The molecule has 2 aromatic carbocycles. The Balaban J connectivity index is 1.43.